The smallest absolute Gasteiger partial charge is 0.229 e. The summed E-state index contributed by atoms with van der Waals surface area (Å²) in [6.45, 7) is 5.45. The average molecular weight is 452 g/mol. The maximum Gasteiger partial charge on any atom is 0.229 e. The van der Waals surface area contributed by atoms with Crippen LogP contribution in [0.15, 0.2) is 79.6 Å². The number of Topliss-reactive ketones (excluding diaryl/α,β-unsaturated/α-hetero) is 1. The van der Waals surface area contributed by atoms with Crippen LogP contribution in [-0.4, -0.2) is 31.6 Å². The lowest BCUT2D eigenvalue weighted by Crippen LogP contribution is -2.24. The Balaban J connectivity index is 1.77. The topological polar surface area (TPSA) is 88.9 Å². The molecule has 0 bridgehead atoms. The zero-order valence-corrected chi connectivity index (χ0v) is 19.3. The zero-order valence-electron chi connectivity index (χ0n) is 19.3. The molecule has 2 heterocycles. The Labute approximate surface area is 198 Å². The van der Waals surface area contributed by atoms with E-state index >= 15 is 0 Å². The fourth-order valence-corrected chi connectivity index (χ4v) is 3.77. The van der Waals surface area contributed by atoms with Gasteiger partial charge in [-0.1, -0.05) is 36.8 Å². The van der Waals surface area contributed by atoms with Gasteiger partial charge in [-0.2, -0.15) is 0 Å². The van der Waals surface area contributed by atoms with Crippen LogP contribution in [-0.2, 0) is 4.79 Å². The Bertz CT molecular complexity index is 1290. The molecule has 7 nitrogen and oxygen atoms in total. The first-order valence-electron chi connectivity index (χ1n) is 11.0. The highest BCUT2D eigenvalue weighted by atomic mass is 16.2. The molecule has 2 aromatic heterocycles. The van der Waals surface area contributed by atoms with Crippen molar-refractivity contribution in [1.29, 1.82) is 0 Å². The predicted molar refractivity (Wildman–Crippen MR) is 131 cm³/mol. The van der Waals surface area contributed by atoms with Crippen LogP contribution < -0.4 is 4.90 Å². The largest absolute Gasteiger partial charge is 0.294 e. The molecule has 1 unspecified atom stereocenters. The van der Waals surface area contributed by atoms with E-state index in [1.165, 1.54) is 18.2 Å². The van der Waals surface area contributed by atoms with E-state index in [4.69, 9.17) is 0 Å². The molecule has 4 aromatic rings. The molecule has 170 valence electrons. The predicted octanol–water partition coefficient (Wildman–Crippen LogP) is 5.30. The normalized spacial score (nSPS) is 11.6. The van der Waals surface area contributed by atoms with Crippen LogP contribution in [0.5, 0.6) is 0 Å². The number of carbonyl (C=O) groups is 2. The molecule has 0 aliphatic heterocycles. The zero-order chi connectivity index (χ0) is 24.1. The number of amides is 1. The lowest BCUT2D eigenvalue weighted by molar-refractivity contribution is -0.115. The fraction of sp³-hybridized carbons (Fsp3) is 0.185. The van der Waals surface area contributed by atoms with Crippen molar-refractivity contribution >= 4 is 23.2 Å². The third-order valence-corrected chi connectivity index (χ3v) is 5.57. The Morgan fingerprint density at radius 3 is 2.35 bits per heavy atom. The summed E-state index contributed by atoms with van der Waals surface area (Å²) >= 11 is 0. The van der Waals surface area contributed by atoms with Crippen LogP contribution >= 0.6 is 0 Å². The van der Waals surface area contributed by atoms with Crippen LogP contribution in [0.4, 0.5) is 11.5 Å². The summed E-state index contributed by atoms with van der Waals surface area (Å²) in [7, 11) is 0. The maximum atomic E-state index is 13.4. The molecule has 0 saturated carbocycles. The molecule has 7 heteroatoms. The Kier molecular flexibility index (Phi) is 6.82. The van der Waals surface area contributed by atoms with Crippen LogP contribution in [0.1, 0.15) is 47.8 Å². The molecule has 0 N–H and O–H groups in total. The summed E-state index contributed by atoms with van der Waals surface area (Å²) in [5.41, 5.74) is 4.78. The minimum Gasteiger partial charge on any atom is -0.294 e. The fourth-order valence-electron chi connectivity index (χ4n) is 3.77. The van der Waals surface area contributed by atoms with Crippen molar-refractivity contribution < 1.29 is 9.59 Å². The second-order valence-corrected chi connectivity index (χ2v) is 8.22. The van der Waals surface area contributed by atoms with Crippen molar-refractivity contribution in [3.05, 3.63) is 96.5 Å². The van der Waals surface area contributed by atoms with Crippen LogP contribution in [0.25, 0.3) is 11.1 Å². The third kappa shape index (κ3) is 5.20. The average Bonchev–Trinajstić information content (AvgIpc) is 2.85. The van der Waals surface area contributed by atoms with Gasteiger partial charge >= 0.3 is 0 Å². The van der Waals surface area contributed by atoms with E-state index in [1.807, 2.05) is 50.2 Å². The van der Waals surface area contributed by atoms with Crippen molar-refractivity contribution in [2.75, 3.05) is 4.90 Å². The van der Waals surface area contributed by atoms with Gasteiger partial charge in [0.15, 0.2) is 5.78 Å². The molecule has 0 saturated heterocycles. The van der Waals surface area contributed by atoms with Crippen molar-refractivity contribution in [2.45, 2.75) is 33.1 Å². The summed E-state index contributed by atoms with van der Waals surface area (Å²) in [6.07, 6.45) is 8.15. The molecule has 0 aliphatic carbocycles. The lowest BCUT2D eigenvalue weighted by Gasteiger charge is -2.22. The van der Waals surface area contributed by atoms with Gasteiger partial charge in [0.2, 0.25) is 5.91 Å². The molecule has 34 heavy (non-hydrogen) atoms. The van der Waals surface area contributed by atoms with Crippen LogP contribution in [0.3, 0.4) is 0 Å². The van der Waals surface area contributed by atoms with Gasteiger partial charge < -0.3 is 0 Å². The Morgan fingerprint density at radius 1 is 0.912 bits per heavy atom. The van der Waals surface area contributed by atoms with Crippen molar-refractivity contribution in [1.82, 2.24) is 19.9 Å². The number of carbonyl (C=O) groups excluding carboxylic acids is 2. The number of aryl methyl sites for hydroxylation is 1. The number of anilines is 2. The third-order valence-electron chi connectivity index (χ3n) is 5.57. The number of ketones is 1. The molecule has 4 rings (SSSR count). The molecule has 0 fully saturated rings. The summed E-state index contributed by atoms with van der Waals surface area (Å²) in [5.74, 6) is 0.0824. The van der Waals surface area contributed by atoms with E-state index in [9.17, 15) is 9.59 Å². The molecule has 0 aliphatic rings. The van der Waals surface area contributed by atoms with E-state index in [-0.39, 0.29) is 24.0 Å². The summed E-state index contributed by atoms with van der Waals surface area (Å²) < 4.78 is 0. The molecular weight excluding hydrogens is 426 g/mol. The van der Waals surface area contributed by atoms with Gasteiger partial charge in [0.25, 0.3) is 0 Å². The van der Waals surface area contributed by atoms with Crippen molar-refractivity contribution in [3.8, 4) is 11.1 Å². The van der Waals surface area contributed by atoms with Gasteiger partial charge in [-0.25, -0.2) is 9.97 Å². The minimum atomic E-state index is -0.217. The van der Waals surface area contributed by atoms with E-state index in [0.29, 0.717) is 17.1 Å². The van der Waals surface area contributed by atoms with Gasteiger partial charge in [-0.3, -0.25) is 24.5 Å². The van der Waals surface area contributed by atoms with E-state index in [1.54, 1.807) is 36.9 Å². The molecular formula is C27H25N5O2. The first-order valence-corrected chi connectivity index (χ1v) is 11.0. The van der Waals surface area contributed by atoms with Gasteiger partial charge in [-0.15, -0.1) is 0 Å². The molecule has 0 spiro atoms. The molecule has 0 radical (unpaired) electrons. The number of nitrogens with zero attached hydrogens (tertiary/aromatic N) is 5. The summed E-state index contributed by atoms with van der Waals surface area (Å²) in [6, 6.07) is 15.2. The number of hydrogen-bond acceptors (Lipinski definition) is 6. The summed E-state index contributed by atoms with van der Waals surface area (Å²) in [5, 5.41) is 0. The highest BCUT2D eigenvalue weighted by Gasteiger charge is 2.21. The van der Waals surface area contributed by atoms with Crippen LogP contribution in [0.2, 0.25) is 0 Å². The number of aromatic nitrogens is 4. The molecule has 1 amide bonds. The van der Waals surface area contributed by atoms with Gasteiger partial charge in [0.1, 0.15) is 12.1 Å². The minimum absolute atomic E-state index is 0.0421. The van der Waals surface area contributed by atoms with E-state index < -0.39 is 0 Å². The maximum absolute atomic E-state index is 13.4. The Morgan fingerprint density at radius 2 is 1.71 bits per heavy atom. The van der Waals surface area contributed by atoms with E-state index in [2.05, 4.69) is 19.9 Å². The quantitative estimate of drug-likeness (QED) is 0.354. The highest BCUT2D eigenvalue weighted by molar-refractivity contribution is 6.03. The first-order chi connectivity index (χ1) is 16.4. The monoisotopic (exact) mass is 451 g/mol. The molecule has 1 atom stereocenters. The van der Waals surface area contributed by atoms with Crippen molar-refractivity contribution in [2.24, 2.45) is 0 Å². The number of rotatable bonds is 7. The second-order valence-electron chi connectivity index (χ2n) is 8.22. The first kappa shape index (κ1) is 22.9. The summed E-state index contributed by atoms with van der Waals surface area (Å²) in [4.78, 5) is 44.1. The van der Waals surface area contributed by atoms with Gasteiger partial charge in [-0.05, 0) is 42.3 Å². The molecule has 2 aromatic carbocycles. The second kappa shape index (κ2) is 10.1. The van der Waals surface area contributed by atoms with Crippen LogP contribution in [0, 0.1) is 6.92 Å². The van der Waals surface area contributed by atoms with Crippen molar-refractivity contribution in [3.63, 3.8) is 0 Å². The SMILES string of the molecule is CC(=O)N(c1cc(C(=O)CC(C)c2cnccn2)cc(-c2ccc(C)cc2)c1)c1ccncn1. The van der Waals surface area contributed by atoms with Gasteiger partial charge in [0, 0.05) is 49.6 Å². The lowest BCUT2D eigenvalue weighted by atomic mass is 9.94. The Hall–Kier alpha value is -4.26. The highest BCUT2D eigenvalue weighted by Crippen LogP contribution is 2.32. The number of benzene rings is 2. The number of hydrogen-bond donors (Lipinski definition) is 0. The van der Waals surface area contributed by atoms with E-state index in [0.717, 1.165) is 22.4 Å². The standard InChI is InChI=1S/C27H25N5O2/c1-18-4-6-21(7-5-18)22-13-23(26(34)12-19(2)25-16-28-10-11-30-25)15-24(14-22)32(20(3)33)27-8-9-29-17-31-27/h4-11,13-17,19H,12H2,1-3H3. The van der Waals surface area contributed by atoms with Gasteiger partial charge in [0.05, 0.1) is 11.4 Å².